The van der Waals surface area contributed by atoms with Crippen molar-refractivity contribution >= 4 is 28.3 Å². The van der Waals surface area contributed by atoms with Crippen LogP contribution in [0.2, 0.25) is 0 Å². The van der Waals surface area contributed by atoms with E-state index in [0.717, 1.165) is 6.42 Å². The highest BCUT2D eigenvalue weighted by atomic mass is 35.5. The molecule has 0 aromatic carbocycles. The Kier molecular flexibility index (Phi) is 7.88. The molecule has 6 nitrogen and oxygen atoms in total. The lowest BCUT2D eigenvalue weighted by atomic mass is 9.99. The normalized spacial score (nSPS) is 21.4. The Hall–Kier alpha value is -0.370. The number of nitrogens with two attached hydrogens (primary N) is 1. The zero-order valence-electron chi connectivity index (χ0n) is 11.5. The topological polar surface area (TPSA) is 92.5 Å². The smallest absolute Gasteiger partial charge is 0.237 e. The van der Waals surface area contributed by atoms with E-state index in [1.807, 2.05) is 13.8 Å². The third-order valence-corrected chi connectivity index (χ3v) is 5.38. The average molecular weight is 314 g/mol. The molecule has 2 atom stereocenters. The summed E-state index contributed by atoms with van der Waals surface area (Å²) >= 11 is 0. The van der Waals surface area contributed by atoms with Crippen LogP contribution in [-0.4, -0.2) is 50.1 Å². The van der Waals surface area contributed by atoms with Gasteiger partial charge < -0.3 is 11.1 Å². The van der Waals surface area contributed by atoms with Crippen molar-refractivity contribution in [3.63, 3.8) is 0 Å². The zero-order chi connectivity index (χ0) is 13.8. The van der Waals surface area contributed by atoms with E-state index in [0.29, 0.717) is 26.1 Å². The van der Waals surface area contributed by atoms with Crippen molar-refractivity contribution < 1.29 is 13.2 Å². The molecule has 0 saturated carbocycles. The monoisotopic (exact) mass is 313 g/mol. The number of rotatable bonds is 6. The average Bonchev–Trinajstić information content (AvgIpc) is 2.66. The van der Waals surface area contributed by atoms with E-state index in [2.05, 4.69) is 5.32 Å². The quantitative estimate of drug-likeness (QED) is 0.718. The van der Waals surface area contributed by atoms with Crippen LogP contribution >= 0.6 is 12.4 Å². The second kappa shape index (κ2) is 8.04. The van der Waals surface area contributed by atoms with Crippen LogP contribution in [0.15, 0.2) is 0 Å². The van der Waals surface area contributed by atoms with E-state index in [-0.39, 0.29) is 30.0 Å². The Labute approximate surface area is 121 Å². The van der Waals surface area contributed by atoms with E-state index >= 15 is 0 Å². The minimum atomic E-state index is -3.08. The largest absolute Gasteiger partial charge is 0.353 e. The van der Waals surface area contributed by atoms with Crippen molar-refractivity contribution in [3.05, 3.63) is 0 Å². The Morgan fingerprint density at radius 3 is 2.58 bits per heavy atom. The molecule has 114 valence electrons. The van der Waals surface area contributed by atoms with Crippen LogP contribution in [0, 0.1) is 5.92 Å². The van der Waals surface area contributed by atoms with Crippen LogP contribution in [0.5, 0.6) is 0 Å². The number of halogens is 1. The van der Waals surface area contributed by atoms with Crippen LogP contribution < -0.4 is 11.1 Å². The Morgan fingerprint density at radius 2 is 2.11 bits per heavy atom. The Morgan fingerprint density at radius 1 is 1.47 bits per heavy atom. The first-order valence-electron chi connectivity index (χ1n) is 6.39. The van der Waals surface area contributed by atoms with Gasteiger partial charge in [0.2, 0.25) is 15.9 Å². The molecule has 0 aromatic heterocycles. The first kappa shape index (κ1) is 18.6. The predicted octanol–water partition coefficient (Wildman–Crippen LogP) is -0.0667. The summed E-state index contributed by atoms with van der Waals surface area (Å²) in [7, 11) is -3.08. The third-order valence-electron chi connectivity index (χ3n) is 3.42. The molecular weight excluding hydrogens is 290 g/mol. The van der Waals surface area contributed by atoms with Gasteiger partial charge in [0.1, 0.15) is 0 Å². The fourth-order valence-electron chi connectivity index (χ4n) is 1.88. The predicted molar refractivity (Wildman–Crippen MR) is 77.7 cm³/mol. The van der Waals surface area contributed by atoms with Gasteiger partial charge in [-0.15, -0.1) is 12.4 Å². The molecule has 0 aromatic rings. The maximum absolute atomic E-state index is 11.7. The van der Waals surface area contributed by atoms with Crippen LogP contribution in [0.1, 0.15) is 26.7 Å². The summed E-state index contributed by atoms with van der Waals surface area (Å²) in [6.45, 7) is 5.11. The zero-order valence-corrected chi connectivity index (χ0v) is 13.1. The minimum absolute atomic E-state index is 0. The molecule has 1 saturated heterocycles. The van der Waals surface area contributed by atoms with Gasteiger partial charge in [0.05, 0.1) is 11.8 Å². The number of sulfonamides is 1. The summed E-state index contributed by atoms with van der Waals surface area (Å²) in [6, 6.07) is -0.523. The van der Waals surface area contributed by atoms with Crippen LogP contribution in [0.4, 0.5) is 0 Å². The number of hydrogen-bond donors (Lipinski definition) is 2. The fourth-order valence-corrected chi connectivity index (χ4v) is 3.41. The Balaban J connectivity index is 0.00000324. The van der Waals surface area contributed by atoms with Crippen molar-refractivity contribution in [1.82, 2.24) is 9.62 Å². The third kappa shape index (κ3) is 5.25. The Bertz CT molecular complexity index is 389. The van der Waals surface area contributed by atoms with Crippen LogP contribution in [0.3, 0.4) is 0 Å². The minimum Gasteiger partial charge on any atom is -0.353 e. The summed E-state index contributed by atoms with van der Waals surface area (Å²) in [5.41, 5.74) is 5.77. The second-order valence-electron chi connectivity index (χ2n) is 4.77. The summed E-state index contributed by atoms with van der Waals surface area (Å²) in [6.07, 6.45) is 1.51. The molecular formula is C11H24ClN3O3S. The van der Waals surface area contributed by atoms with E-state index < -0.39 is 16.1 Å². The first-order valence-corrected chi connectivity index (χ1v) is 8.00. The molecule has 1 rings (SSSR count). The lowest BCUT2D eigenvalue weighted by Gasteiger charge is -2.19. The maximum Gasteiger partial charge on any atom is 0.237 e. The van der Waals surface area contributed by atoms with Gasteiger partial charge in [0.15, 0.2) is 0 Å². The highest BCUT2D eigenvalue weighted by Gasteiger charge is 2.27. The van der Waals surface area contributed by atoms with Crippen molar-refractivity contribution in [3.8, 4) is 0 Å². The lowest BCUT2D eigenvalue weighted by Crippen LogP contribution is -2.46. The van der Waals surface area contributed by atoms with Crippen LogP contribution in [0.25, 0.3) is 0 Å². The summed E-state index contributed by atoms with van der Waals surface area (Å²) in [4.78, 5) is 11.7. The van der Waals surface area contributed by atoms with Crippen molar-refractivity contribution in [2.24, 2.45) is 11.7 Å². The lowest BCUT2D eigenvalue weighted by molar-refractivity contribution is -0.123. The number of carbonyl (C=O) groups is 1. The van der Waals surface area contributed by atoms with E-state index in [1.54, 1.807) is 0 Å². The van der Waals surface area contributed by atoms with Crippen molar-refractivity contribution in [2.45, 2.75) is 32.7 Å². The molecule has 2 unspecified atom stereocenters. The molecule has 0 bridgehead atoms. The van der Waals surface area contributed by atoms with Gasteiger partial charge >= 0.3 is 0 Å². The summed E-state index contributed by atoms with van der Waals surface area (Å²) < 4.78 is 24.4. The molecule has 8 heteroatoms. The van der Waals surface area contributed by atoms with Gasteiger partial charge in [0, 0.05) is 19.6 Å². The molecule has 1 amide bonds. The molecule has 1 aliphatic rings. The molecule has 19 heavy (non-hydrogen) atoms. The van der Waals surface area contributed by atoms with Gasteiger partial charge in [-0.2, -0.15) is 0 Å². The number of amides is 1. The van der Waals surface area contributed by atoms with E-state index in [9.17, 15) is 13.2 Å². The SMILES string of the molecule is CCC(C)C(N)C(=O)NCCN1CCCS1(=O)=O.Cl. The highest BCUT2D eigenvalue weighted by Crippen LogP contribution is 2.11. The van der Waals surface area contributed by atoms with Crippen LogP contribution in [-0.2, 0) is 14.8 Å². The van der Waals surface area contributed by atoms with Gasteiger partial charge in [0.25, 0.3) is 0 Å². The number of nitrogens with zero attached hydrogens (tertiary/aromatic N) is 1. The second-order valence-corrected chi connectivity index (χ2v) is 6.86. The fraction of sp³-hybridized carbons (Fsp3) is 0.909. The van der Waals surface area contributed by atoms with Gasteiger partial charge in [-0.1, -0.05) is 20.3 Å². The number of carbonyl (C=O) groups excluding carboxylic acids is 1. The summed E-state index contributed by atoms with van der Waals surface area (Å²) in [5, 5.41) is 2.69. The van der Waals surface area contributed by atoms with E-state index in [1.165, 1.54) is 4.31 Å². The molecule has 0 spiro atoms. The van der Waals surface area contributed by atoms with E-state index in [4.69, 9.17) is 5.73 Å². The number of nitrogens with one attached hydrogen (secondary N) is 1. The molecule has 1 fully saturated rings. The van der Waals surface area contributed by atoms with Gasteiger partial charge in [-0.3, -0.25) is 4.79 Å². The first-order chi connectivity index (χ1) is 8.38. The number of hydrogen-bond acceptors (Lipinski definition) is 4. The standard InChI is InChI=1S/C11H23N3O3S.ClH/c1-3-9(2)10(12)11(15)13-5-7-14-6-4-8-18(14,16)17;/h9-10H,3-8,12H2,1-2H3,(H,13,15);1H. The molecule has 0 radical (unpaired) electrons. The maximum atomic E-state index is 11.7. The molecule has 1 aliphatic heterocycles. The van der Waals surface area contributed by atoms with Crippen molar-refractivity contribution in [2.75, 3.05) is 25.4 Å². The van der Waals surface area contributed by atoms with Gasteiger partial charge in [-0.25, -0.2) is 12.7 Å². The van der Waals surface area contributed by atoms with Crippen molar-refractivity contribution in [1.29, 1.82) is 0 Å². The molecule has 1 heterocycles. The molecule has 0 aliphatic carbocycles. The molecule has 3 N–H and O–H groups in total. The highest BCUT2D eigenvalue weighted by molar-refractivity contribution is 7.89. The summed E-state index contributed by atoms with van der Waals surface area (Å²) in [5.74, 6) is 0.134. The van der Waals surface area contributed by atoms with Gasteiger partial charge in [-0.05, 0) is 12.3 Å².